The van der Waals surface area contributed by atoms with Crippen molar-refractivity contribution in [2.45, 2.75) is 39.2 Å². The van der Waals surface area contributed by atoms with E-state index in [1.165, 1.54) is 11.1 Å². The SMILES string of the molecule is CC(O)CC(C)CNC(=O)NCCc1ccc2c(c1)CCO2. The standard InChI is InChI=1S/C17H26N2O3/c1-12(9-13(2)20)11-19-17(21)18-7-5-14-3-4-16-15(10-14)6-8-22-16/h3-4,10,12-13,20H,5-9,11H2,1-2H3,(H2,18,19,21). The Bertz CT molecular complexity index is 503. The van der Waals surface area contributed by atoms with Gasteiger partial charge in [0.25, 0.3) is 0 Å². The maximum absolute atomic E-state index is 11.7. The molecule has 0 radical (unpaired) electrons. The number of benzene rings is 1. The van der Waals surface area contributed by atoms with Crippen molar-refractivity contribution >= 4 is 6.03 Å². The van der Waals surface area contributed by atoms with Crippen LogP contribution in [0.3, 0.4) is 0 Å². The first-order chi connectivity index (χ1) is 10.5. The highest BCUT2D eigenvalue weighted by atomic mass is 16.5. The van der Waals surface area contributed by atoms with E-state index in [-0.39, 0.29) is 18.1 Å². The number of aliphatic hydroxyl groups excluding tert-OH is 1. The summed E-state index contributed by atoms with van der Waals surface area (Å²) in [6.45, 7) is 5.73. The zero-order valence-electron chi connectivity index (χ0n) is 13.4. The lowest BCUT2D eigenvalue weighted by atomic mass is 10.1. The lowest BCUT2D eigenvalue weighted by molar-refractivity contribution is 0.163. The van der Waals surface area contributed by atoms with E-state index in [9.17, 15) is 9.90 Å². The van der Waals surface area contributed by atoms with Crippen LogP contribution in [-0.2, 0) is 12.8 Å². The van der Waals surface area contributed by atoms with Crippen LogP contribution in [-0.4, -0.2) is 36.9 Å². The molecule has 0 aliphatic carbocycles. The van der Waals surface area contributed by atoms with Crippen molar-refractivity contribution in [1.29, 1.82) is 0 Å². The van der Waals surface area contributed by atoms with Crippen molar-refractivity contribution < 1.29 is 14.6 Å². The van der Waals surface area contributed by atoms with E-state index in [0.717, 1.165) is 25.2 Å². The largest absolute Gasteiger partial charge is 0.493 e. The van der Waals surface area contributed by atoms with Crippen molar-refractivity contribution in [3.8, 4) is 5.75 Å². The highest BCUT2D eigenvalue weighted by Gasteiger charge is 2.12. The number of aliphatic hydroxyl groups is 1. The molecule has 3 N–H and O–H groups in total. The van der Waals surface area contributed by atoms with Gasteiger partial charge in [0.15, 0.2) is 0 Å². The maximum atomic E-state index is 11.7. The van der Waals surface area contributed by atoms with Crippen LogP contribution in [0.4, 0.5) is 4.79 Å². The number of carbonyl (C=O) groups excluding carboxylic acids is 1. The van der Waals surface area contributed by atoms with Crippen molar-refractivity contribution in [3.05, 3.63) is 29.3 Å². The minimum atomic E-state index is -0.330. The summed E-state index contributed by atoms with van der Waals surface area (Å²) in [6, 6.07) is 6.07. The first-order valence-electron chi connectivity index (χ1n) is 7.99. The van der Waals surface area contributed by atoms with Crippen LogP contribution in [0.25, 0.3) is 0 Å². The summed E-state index contributed by atoms with van der Waals surface area (Å²) in [5, 5.41) is 15.0. The third-order valence-electron chi connectivity index (χ3n) is 3.81. The molecule has 0 bridgehead atoms. The first-order valence-corrected chi connectivity index (χ1v) is 7.99. The number of urea groups is 1. The van der Waals surface area contributed by atoms with E-state index < -0.39 is 0 Å². The van der Waals surface area contributed by atoms with E-state index in [1.54, 1.807) is 6.92 Å². The average Bonchev–Trinajstić information content (AvgIpc) is 2.92. The molecule has 2 amide bonds. The molecule has 1 aliphatic heterocycles. The summed E-state index contributed by atoms with van der Waals surface area (Å²) in [5.41, 5.74) is 2.47. The molecule has 0 spiro atoms. The molecule has 1 heterocycles. The molecule has 0 saturated heterocycles. The summed E-state index contributed by atoms with van der Waals surface area (Å²) in [7, 11) is 0. The van der Waals surface area contributed by atoms with E-state index in [1.807, 2.05) is 13.0 Å². The minimum absolute atomic E-state index is 0.151. The van der Waals surface area contributed by atoms with Gasteiger partial charge in [0.1, 0.15) is 5.75 Å². The second-order valence-corrected chi connectivity index (χ2v) is 6.12. The zero-order chi connectivity index (χ0) is 15.9. The summed E-state index contributed by atoms with van der Waals surface area (Å²) in [5.74, 6) is 1.25. The van der Waals surface area contributed by atoms with Gasteiger partial charge in [-0.2, -0.15) is 0 Å². The van der Waals surface area contributed by atoms with Gasteiger partial charge in [0, 0.05) is 19.5 Å². The summed E-state index contributed by atoms with van der Waals surface area (Å²) in [4.78, 5) is 11.7. The molecule has 22 heavy (non-hydrogen) atoms. The van der Waals surface area contributed by atoms with E-state index in [0.29, 0.717) is 19.5 Å². The molecule has 5 nitrogen and oxygen atoms in total. The second kappa shape index (κ2) is 8.03. The van der Waals surface area contributed by atoms with Crippen LogP contribution in [0.1, 0.15) is 31.4 Å². The lowest BCUT2D eigenvalue weighted by Gasteiger charge is -2.14. The van der Waals surface area contributed by atoms with E-state index in [2.05, 4.69) is 22.8 Å². The Morgan fingerprint density at radius 3 is 2.95 bits per heavy atom. The molecule has 122 valence electrons. The molecule has 1 aromatic rings. The Morgan fingerprint density at radius 2 is 2.18 bits per heavy atom. The van der Waals surface area contributed by atoms with Crippen LogP contribution in [0.2, 0.25) is 0 Å². The Morgan fingerprint density at radius 1 is 1.36 bits per heavy atom. The Hall–Kier alpha value is -1.75. The van der Waals surface area contributed by atoms with Crippen molar-refractivity contribution in [3.63, 3.8) is 0 Å². The van der Waals surface area contributed by atoms with Gasteiger partial charge in [-0.3, -0.25) is 0 Å². The number of hydrogen-bond donors (Lipinski definition) is 3. The van der Waals surface area contributed by atoms with Crippen LogP contribution in [0.5, 0.6) is 5.75 Å². The normalized spacial score (nSPS) is 15.6. The second-order valence-electron chi connectivity index (χ2n) is 6.12. The van der Waals surface area contributed by atoms with Crippen molar-refractivity contribution in [2.75, 3.05) is 19.7 Å². The van der Waals surface area contributed by atoms with Gasteiger partial charge in [-0.15, -0.1) is 0 Å². The number of nitrogens with one attached hydrogen (secondary N) is 2. The molecule has 0 aromatic heterocycles. The topological polar surface area (TPSA) is 70.6 Å². The molecule has 2 atom stereocenters. The highest BCUT2D eigenvalue weighted by molar-refractivity contribution is 5.73. The van der Waals surface area contributed by atoms with Gasteiger partial charge in [-0.25, -0.2) is 4.79 Å². The predicted molar refractivity (Wildman–Crippen MR) is 86.2 cm³/mol. The van der Waals surface area contributed by atoms with Gasteiger partial charge in [0.2, 0.25) is 0 Å². The van der Waals surface area contributed by atoms with Crippen molar-refractivity contribution in [1.82, 2.24) is 10.6 Å². The van der Waals surface area contributed by atoms with Crippen LogP contribution in [0, 0.1) is 5.92 Å². The molecule has 5 heteroatoms. The van der Waals surface area contributed by atoms with Gasteiger partial charge < -0.3 is 20.5 Å². The minimum Gasteiger partial charge on any atom is -0.493 e. The smallest absolute Gasteiger partial charge is 0.314 e. The predicted octanol–water partition coefficient (Wildman–Crippen LogP) is 1.87. The first kappa shape index (κ1) is 16.6. The van der Waals surface area contributed by atoms with Crippen LogP contribution in [0.15, 0.2) is 18.2 Å². The third kappa shape index (κ3) is 5.22. The highest BCUT2D eigenvalue weighted by Crippen LogP contribution is 2.25. The zero-order valence-corrected chi connectivity index (χ0v) is 13.4. The third-order valence-corrected chi connectivity index (χ3v) is 3.81. The number of rotatable bonds is 7. The molecule has 0 saturated carbocycles. The average molecular weight is 306 g/mol. The lowest BCUT2D eigenvalue weighted by Crippen LogP contribution is -2.39. The van der Waals surface area contributed by atoms with Gasteiger partial charge in [-0.05, 0) is 42.9 Å². The maximum Gasteiger partial charge on any atom is 0.314 e. The number of ether oxygens (including phenoxy) is 1. The molecule has 2 rings (SSSR count). The van der Waals surface area contributed by atoms with Crippen LogP contribution >= 0.6 is 0 Å². The molecular weight excluding hydrogens is 280 g/mol. The van der Waals surface area contributed by atoms with E-state index >= 15 is 0 Å². The molecule has 0 fully saturated rings. The number of carbonyl (C=O) groups is 1. The van der Waals surface area contributed by atoms with Crippen LogP contribution < -0.4 is 15.4 Å². The Labute approximate surface area is 132 Å². The summed E-state index contributed by atoms with van der Waals surface area (Å²) >= 11 is 0. The number of fused-ring (bicyclic) bond motifs is 1. The Balaban J connectivity index is 1.64. The number of hydrogen-bond acceptors (Lipinski definition) is 3. The molecular formula is C17H26N2O3. The summed E-state index contributed by atoms with van der Waals surface area (Å²) in [6.07, 6.45) is 2.14. The van der Waals surface area contributed by atoms with Crippen molar-refractivity contribution in [2.24, 2.45) is 5.92 Å². The van der Waals surface area contributed by atoms with Gasteiger partial charge in [-0.1, -0.05) is 19.1 Å². The van der Waals surface area contributed by atoms with Gasteiger partial charge in [0.05, 0.1) is 12.7 Å². The Kier molecular flexibility index (Phi) is 6.07. The van der Waals surface area contributed by atoms with E-state index in [4.69, 9.17) is 4.74 Å². The summed E-state index contributed by atoms with van der Waals surface area (Å²) < 4.78 is 5.48. The number of amides is 2. The fourth-order valence-corrected chi connectivity index (χ4v) is 2.71. The molecule has 2 unspecified atom stereocenters. The fourth-order valence-electron chi connectivity index (χ4n) is 2.71. The quantitative estimate of drug-likeness (QED) is 0.720. The monoisotopic (exact) mass is 306 g/mol. The fraction of sp³-hybridized carbons (Fsp3) is 0.588. The molecule has 1 aromatic carbocycles. The molecule has 1 aliphatic rings. The van der Waals surface area contributed by atoms with Gasteiger partial charge >= 0.3 is 6.03 Å².